The third-order valence-electron chi connectivity index (χ3n) is 3.12. The molecule has 1 unspecified atom stereocenters. The minimum Gasteiger partial charge on any atom is -0.349 e. The van der Waals surface area contributed by atoms with Gasteiger partial charge in [0.1, 0.15) is 5.82 Å². The molecule has 3 nitrogen and oxygen atoms in total. The predicted molar refractivity (Wildman–Crippen MR) is 74.5 cm³/mol. The summed E-state index contributed by atoms with van der Waals surface area (Å²) in [5.74, 6) is 1.05. The molecule has 96 valence electrons. The molecule has 0 amide bonds. The Hall–Kier alpha value is -1.61. The van der Waals surface area contributed by atoms with Gasteiger partial charge in [0.15, 0.2) is 0 Å². The highest BCUT2D eigenvalue weighted by molar-refractivity contribution is 5.14. The highest BCUT2D eigenvalue weighted by Crippen LogP contribution is 2.04. The first kappa shape index (κ1) is 12.8. The SMILES string of the molecule is CC(CCc1ccccc1)NCCc1ncc[nH]1. The maximum atomic E-state index is 4.21. The lowest BCUT2D eigenvalue weighted by Gasteiger charge is -2.13. The lowest BCUT2D eigenvalue weighted by molar-refractivity contribution is 0.514. The molecule has 0 saturated carbocycles. The van der Waals surface area contributed by atoms with Crippen LogP contribution in [0.15, 0.2) is 42.7 Å². The summed E-state index contributed by atoms with van der Waals surface area (Å²) < 4.78 is 0. The minimum absolute atomic E-state index is 0.542. The Bertz CT molecular complexity index is 422. The van der Waals surface area contributed by atoms with E-state index in [-0.39, 0.29) is 0 Å². The Kier molecular flexibility index (Phi) is 4.97. The van der Waals surface area contributed by atoms with Crippen LogP contribution in [0.1, 0.15) is 24.7 Å². The number of H-pyrrole nitrogens is 1. The molecule has 2 aromatic rings. The second kappa shape index (κ2) is 6.97. The van der Waals surface area contributed by atoms with Crippen LogP contribution in [0, 0.1) is 0 Å². The van der Waals surface area contributed by atoms with Crippen molar-refractivity contribution < 1.29 is 0 Å². The van der Waals surface area contributed by atoms with Gasteiger partial charge in [0.05, 0.1) is 0 Å². The van der Waals surface area contributed by atoms with Crippen LogP contribution >= 0.6 is 0 Å². The number of nitrogens with zero attached hydrogens (tertiary/aromatic N) is 1. The first-order chi connectivity index (χ1) is 8.84. The summed E-state index contributed by atoms with van der Waals surface area (Å²) in [6.45, 7) is 3.22. The number of hydrogen-bond acceptors (Lipinski definition) is 2. The maximum Gasteiger partial charge on any atom is 0.107 e. The fourth-order valence-corrected chi connectivity index (χ4v) is 2.00. The normalized spacial score (nSPS) is 12.5. The molecule has 3 heteroatoms. The zero-order valence-corrected chi connectivity index (χ0v) is 10.9. The Morgan fingerprint density at radius 3 is 2.78 bits per heavy atom. The Balaban J connectivity index is 1.62. The van der Waals surface area contributed by atoms with E-state index in [4.69, 9.17) is 0 Å². The van der Waals surface area contributed by atoms with Crippen LogP contribution in [0.4, 0.5) is 0 Å². The molecule has 0 radical (unpaired) electrons. The summed E-state index contributed by atoms with van der Waals surface area (Å²) in [5, 5.41) is 3.53. The fraction of sp³-hybridized carbons (Fsp3) is 0.400. The molecule has 0 fully saturated rings. The van der Waals surface area contributed by atoms with Crippen molar-refractivity contribution >= 4 is 0 Å². The minimum atomic E-state index is 0.542. The summed E-state index contributed by atoms with van der Waals surface area (Å²) in [6, 6.07) is 11.2. The van der Waals surface area contributed by atoms with E-state index < -0.39 is 0 Å². The van der Waals surface area contributed by atoms with E-state index in [1.54, 1.807) is 6.20 Å². The van der Waals surface area contributed by atoms with Crippen LogP contribution < -0.4 is 5.32 Å². The van der Waals surface area contributed by atoms with E-state index in [1.165, 1.54) is 12.0 Å². The van der Waals surface area contributed by atoms with Gasteiger partial charge in [-0.3, -0.25) is 0 Å². The predicted octanol–water partition coefficient (Wildman–Crippen LogP) is 2.56. The third-order valence-corrected chi connectivity index (χ3v) is 3.12. The van der Waals surface area contributed by atoms with E-state index in [2.05, 4.69) is 52.5 Å². The van der Waals surface area contributed by atoms with Gasteiger partial charge >= 0.3 is 0 Å². The molecule has 0 spiro atoms. The average molecular weight is 243 g/mol. The molecule has 0 aliphatic rings. The van der Waals surface area contributed by atoms with Gasteiger partial charge in [0.25, 0.3) is 0 Å². The van der Waals surface area contributed by atoms with E-state index in [9.17, 15) is 0 Å². The molecular weight excluding hydrogens is 222 g/mol. The zero-order valence-electron chi connectivity index (χ0n) is 10.9. The van der Waals surface area contributed by atoms with Gasteiger partial charge in [-0.2, -0.15) is 0 Å². The lowest BCUT2D eigenvalue weighted by Crippen LogP contribution is -2.28. The number of hydrogen-bond donors (Lipinski definition) is 2. The molecule has 18 heavy (non-hydrogen) atoms. The first-order valence-electron chi connectivity index (χ1n) is 6.60. The van der Waals surface area contributed by atoms with Crippen molar-refractivity contribution in [2.75, 3.05) is 6.54 Å². The number of imidazole rings is 1. The van der Waals surface area contributed by atoms with Gasteiger partial charge in [-0.15, -0.1) is 0 Å². The average Bonchev–Trinajstić information content (AvgIpc) is 2.91. The molecule has 0 saturated heterocycles. The molecular formula is C15H21N3. The van der Waals surface area contributed by atoms with Crippen LogP contribution in [0.3, 0.4) is 0 Å². The van der Waals surface area contributed by atoms with E-state index >= 15 is 0 Å². The number of rotatable bonds is 7. The van der Waals surface area contributed by atoms with Crippen molar-refractivity contribution in [3.63, 3.8) is 0 Å². The number of aromatic amines is 1. The molecule has 0 bridgehead atoms. The molecule has 0 aliphatic carbocycles. The van der Waals surface area contributed by atoms with Crippen LogP contribution in [-0.4, -0.2) is 22.6 Å². The standard InChI is InChI=1S/C15H21N3/c1-13(7-8-14-5-3-2-4-6-14)16-10-9-15-17-11-12-18-15/h2-6,11-13,16H,7-10H2,1H3,(H,17,18). The number of aromatic nitrogens is 2. The van der Waals surface area contributed by atoms with Gasteiger partial charge < -0.3 is 10.3 Å². The molecule has 1 heterocycles. The zero-order chi connectivity index (χ0) is 12.6. The van der Waals surface area contributed by atoms with Crippen molar-refractivity contribution in [2.24, 2.45) is 0 Å². The fourth-order valence-electron chi connectivity index (χ4n) is 2.00. The number of benzene rings is 1. The smallest absolute Gasteiger partial charge is 0.107 e. The quantitative estimate of drug-likeness (QED) is 0.784. The van der Waals surface area contributed by atoms with Crippen molar-refractivity contribution in [1.82, 2.24) is 15.3 Å². The molecule has 0 aliphatic heterocycles. The molecule has 1 atom stereocenters. The molecule has 1 aromatic heterocycles. The van der Waals surface area contributed by atoms with Crippen molar-refractivity contribution in [3.05, 3.63) is 54.1 Å². The summed E-state index contributed by atoms with van der Waals surface area (Å²) >= 11 is 0. The van der Waals surface area contributed by atoms with E-state index in [1.807, 2.05) is 6.20 Å². The Morgan fingerprint density at radius 2 is 2.06 bits per heavy atom. The molecule has 2 N–H and O–H groups in total. The van der Waals surface area contributed by atoms with Gasteiger partial charge in [-0.1, -0.05) is 30.3 Å². The monoisotopic (exact) mass is 243 g/mol. The first-order valence-corrected chi connectivity index (χ1v) is 6.60. The summed E-state index contributed by atoms with van der Waals surface area (Å²) in [5.41, 5.74) is 1.41. The summed E-state index contributed by atoms with van der Waals surface area (Å²) in [7, 11) is 0. The van der Waals surface area contributed by atoms with Gasteiger partial charge in [0.2, 0.25) is 0 Å². The largest absolute Gasteiger partial charge is 0.349 e. The highest BCUT2D eigenvalue weighted by Gasteiger charge is 2.02. The molecule has 2 rings (SSSR count). The van der Waals surface area contributed by atoms with Gasteiger partial charge in [0, 0.05) is 31.4 Å². The van der Waals surface area contributed by atoms with E-state index in [0.29, 0.717) is 6.04 Å². The topological polar surface area (TPSA) is 40.7 Å². The lowest BCUT2D eigenvalue weighted by atomic mass is 10.1. The van der Waals surface area contributed by atoms with Crippen molar-refractivity contribution in [1.29, 1.82) is 0 Å². The van der Waals surface area contributed by atoms with Crippen LogP contribution in [-0.2, 0) is 12.8 Å². The second-order valence-electron chi connectivity index (χ2n) is 4.67. The number of nitrogens with one attached hydrogen (secondary N) is 2. The maximum absolute atomic E-state index is 4.21. The van der Waals surface area contributed by atoms with Crippen molar-refractivity contribution in [2.45, 2.75) is 32.2 Å². The number of aryl methyl sites for hydroxylation is 1. The van der Waals surface area contributed by atoms with Gasteiger partial charge in [-0.05, 0) is 25.3 Å². The van der Waals surface area contributed by atoms with Crippen molar-refractivity contribution in [3.8, 4) is 0 Å². The van der Waals surface area contributed by atoms with E-state index in [0.717, 1.165) is 25.2 Å². The Labute approximate surface area is 109 Å². The second-order valence-corrected chi connectivity index (χ2v) is 4.67. The Morgan fingerprint density at radius 1 is 1.22 bits per heavy atom. The van der Waals surface area contributed by atoms with Crippen LogP contribution in [0.2, 0.25) is 0 Å². The van der Waals surface area contributed by atoms with Crippen LogP contribution in [0.5, 0.6) is 0 Å². The summed E-state index contributed by atoms with van der Waals surface area (Å²) in [6.07, 6.45) is 6.93. The highest BCUT2D eigenvalue weighted by atomic mass is 14.9. The third kappa shape index (κ3) is 4.34. The van der Waals surface area contributed by atoms with Crippen LogP contribution in [0.25, 0.3) is 0 Å². The van der Waals surface area contributed by atoms with Gasteiger partial charge in [-0.25, -0.2) is 4.98 Å². The summed E-state index contributed by atoms with van der Waals surface area (Å²) in [4.78, 5) is 7.33. The molecule has 1 aromatic carbocycles.